The largest absolute Gasteiger partial charge is 0.491 e. The zero-order chi connectivity index (χ0) is 21.1. The Morgan fingerprint density at radius 2 is 1.79 bits per heavy atom. The molecule has 0 amide bonds. The van der Waals surface area contributed by atoms with Gasteiger partial charge in [0.1, 0.15) is 11.4 Å². The number of nitrogens with zero attached hydrogens (tertiary/aromatic N) is 3. The summed E-state index contributed by atoms with van der Waals surface area (Å²) < 4.78 is 7.07. The summed E-state index contributed by atoms with van der Waals surface area (Å²) >= 11 is 1.65. The molecule has 0 aliphatic carbocycles. The molecule has 6 heteroatoms. The van der Waals surface area contributed by atoms with Crippen LogP contribution in [0.25, 0.3) is 10.2 Å². The lowest BCUT2D eigenvalue weighted by Crippen LogP contribution is -2.36. The van der Waals surface area contributed by atoms with Crippen LogP contribution in [0.4, 0.5) is 10.8 Å². The molecule has 0 aliphatic rings. The van der Waals surface area contributed by atoms with E-state index >= 15 is 0 Å². The molecule has 1 aromatic heterocycles. The van der Waals surface area contributed by atoms with Crippen LogP contribution in [0, 0.1) is 16.9 Å². The number of aromatic nitrogens is 1. The van der Waals surface area contributed by atoms with Crippen molar-refractivity contribution in [2.24, 2.45) is 16.4 Å². The van der Waals surface area contributed by atoms with E-state index in [2.05, 4.69) is 65.4 Å². The van der Waals surface area contributed by atoms with E-state index in [1.807, 2.05) is 12.1 Å². The third-order valence-electron chi connectivity index (χ3n) is 4.74. The molecular weight excluding hydrogens is 368 g/mol. The molecule has 0 fully saturated rings. The summed E-state index contributed by atoms with van der Waals surface area (Å²) in [6, 6.07) is 4.62. The normalized spacial score (nSPS) is 13.4. The lowest BCUT2D eigenvalue weighted by molar-refractivity contribution is 0.241. The quantitative estimate of drug-likeness (QED) is 0.442. The Bertz CT molecular complexity index is 784. The van der Waals surface area contributed by atoms with Gasteiger partial charge in [-0.1, -0.05) is 39.0 Å². The van der Waals surface area contributed by atoms with Crippen molar-refractivity contribution in [2.45, 2.75) is 80.3 Å². The van der Waals surface area contributed by atoms with E-state index in [-0.39, 0.29) is 0 Å². The molecule has 156 valence electrons. The average molecular weight is 405 g/mol. The van der Waals surface area contributed by atoms with Crippen LogP contribution in [0.5, 0.6) is 5.75 Å². The molecule has 1 unspecified atom stereocenters. The highest BCUT2D eigenvalue weighted by Gasteiger charge is 2.20. The van der Waals surface area contributed by atoms with Crippen molar-refractivity contribution >= 4 is 32.4 Å². The maximum atomic E-state index is 7.54. The Balaban J connectivity index is 2.19. The molecule has 1 N–H and O–H groups in total. The van der Waals surface area contributed by atoms with Gasteiger partial charge < -0.3 is 9.64 Å². The predicted molar refractivity (Wildman–Crippen MR) is 121 cm³/mol. The number of rotatable bonds is 9. The highest BCUT2D eigenvalue weighted by atomic mass is 32.1. The Morgan fingerprint density at radius 1 is 1.14 bits per heavy atom. The summed E-state index contributed by atoms with van der Waals surface area (Å²) in [6.07, 6.45) is 2.16. The molecule has 0 radical (unpaired) electrons. The summed E-state index contributed by atoms with van der Waals surface area (Å²) in [5, 5.41) is 4.70. The number of anilines is 1. The van der Waals surface area contributed by atoms with E-state index in [0.29, 0.717) is 41.5 Å². The fourth-order valence-electron chi connectivity index (χ4n) is 3.80. The first kappa shape index (κ1) is 22.6. The summed E-state index contributed by atoms with van der Waals surface area (Å²) in [5.41, 5.74) is 9.36. The van der Waals surface area contributed by atoms with E-state index in [0.717, 1.165) is 21.8 Å². The summed E-state index contributed by atoms with van der Waals surface area (Å²) in [5.74, 6) is 1.25. The lowest BCUT2D eigenvalue weighted by atomic mass is 9.84. The Labute approximate surface area is 174 Å². The molecule has 1 atom stereocenters. The smallest absolute Gasteiger partial charge is 0.186 e. The van der Waals surface area contributed by atoms with Crippen molar-refractivity contribution in [3.8, 4) is 5.75 Å². The van der Waals surface area contributed by atoms with Crippen molar-refractivity contribution in [3.05, 3.63) is 12.1 Å². The van der Waals surface area contributed by atoms with Gasteiger partial charge in [0, 0.05) is 18.2 Å². The van der Waals surface area contributed by atoms with Crippen molar-refractivity contribution in [1.29, 1.82) is 5.53 Å². The topological polar surface area (TPSA) is 61.6 Å². The Kier molecular flexibility index (Phi) is 7.43. The van der Waals surface area contributed by atoms with Crippen LogP contribution in [-0.4, -0.2) is 23.7 Å². The molecule has 2 aromatic rings. The Morgan fingerprint density at radius 3 is 2.32 bits per heavy atom. The van der Waals surface area contributed by atoms with Crippen LogP contribution in [0.2, 0.25) is 0 Å². The van der Waals surface area contributed by atoms with Crippen LogP contribution < -0.4 is 9.64 Å². The summed E-state index contributed by atoms with van der Waals surface area (Å²) in [7, 11) is 0. The highest BCUT2D eigenvalue weighted by Crippen LogP contribution is 2.38. The average Bonchev–Trinajstić information content (AvgIpc) is 2.93. The predicted octanol–water partition coefficient (Wildman–Crippen LogP) is 7.42. The molecular formula is C22H36N4OS. The maximum absolute atomic E-state index is 7.54. The number of fused-ring (bicyclic) bond motifs is 1. The first-order valence-electron chi connectivity index (χ1n) is 10.2. The van der Waals surface area contributed by atoms with Crippen LogP contribution in [0.3, 0.4) is 0 Å². The molecule has 0 spiro atoms. The fraction of sp³-hybridized carbons (Fsp3) is 0.682. The fourth-order valence-corrected chi connectivity index (χ4v) is 5.05. The SMILES string of the molecule is CC(CCOc1cc2nc(N(C(C)C)C(C)C)sc2cc1N=N)CC(C)(C)C. The van der Waals surface area contributed by atoms with Crippen LogP contribution in [0.1, 0.15) is 68.2 Å². The van der Waals surface area contributed by atoms with Crippen molar-refractivity contribution < 1.29 is 4.74 Å². The number of ether oxygens (including phenoxy) is 1. The van der Waals surface area contributed by atoms with Crippen molar-refractivity contribution in [1.82, 2.24) is 4.98 Å². The van der Waals surface area contributed by atoms with Gasteiger partial charge in [0.25, 0.3) is 0 Å². The first-order valence-corrected chi connectivity index (χ1v) is 11.1. The molecule has 28 heavy (non-hydrogen) atoms. The molecule has 0 saturated heterocycles. The van der Waals surface area contributed by atoms with Gasteiger partial charge in [-0.2, -0.15) is 5.11 Å². The maximum Gasteiger partial charge on any atom is 0.186 e. The van der Waals surface area contributed by atoms with Gasteiger partial charge in [0.2, 0.25) is 0 Å². The lowest BCUT2D eigenvalue weighted by Gasteiger charge is -2.30. The summed E-state index contributed by atoms with van der Waals surface area (Å²) in [4.78, 5) is 7.16. The molecule has 1 aromatic carbocycles. The molecule has 0 aliphatic heterocycles. The van der Waals surface area contributed by atoms with Gasteiger partial charge in [-0.3, -0.25) is 0 Å². The van der Waals surface area contributed by atoms with E-state index in [9.17, 15) is 0 Å². The third-order valence-corrected chi connectivity index (χ3v) is 5.77. The standard InChI is InChI=1S/C22H36N4OS/c1-14(2)26(15(3)4)21-24-18-11-19(17(25-23)12-20(18)28-21)27-10-9-16(5)13-22(6,7)8/h11-12,14-16,23H,9-10,13H2,1-8H3. The van der Waals surface area contributed by atoms with E-state index < -0.39 is 0 Å². The second-order valence-electron chi connectivity index (χ2n) is 9.50. The molecule has 0 bridgehead atoms. The van der Waals surface area contributed by atoms with Gasteiger partial charge in [-0.25, -0.2) is 10.5 Å². The minimum Gasteiger partial charge on any atom is -0.491 e. The van der Waals surface area contributed by atoms with E-state index in [4.69, 9.17) is 15.3 Å². The second-order valence-corrected chi connectivity index (χ2v) is 10.5. The van der Waals surface area contributed by atoms with E-state index in [1.165, 1.54) is 6.42 Å². The van der Waals surface area contributed by atoms with Gasteiger partial charge in [0.15, 0.2) is 5.13 Å². The highest BCUT2D eigenvalue weighted by molar-refractivity contribution is 7.22. The van der Waals surface area contributed by atoms with Crippen molar-refractivity contribution in [3.63, 3.8) is 0 Å². The van der Waals surface area contributed by atoms with Gasteiger partial charge >= 0.3 is 0 Å². The third kappa shape index (κ3) is 5.90. The molecule has 5 nitrogen and oxygen atoms in total. The minimum atomic E-state index is 0.329. The van der Waals surface area contributed by atoms with Gasteiger partial charge in [0.05, 0.1) is 16.8 Å². The number of hydrogen-bond donors (Lipinski definition) is 1. The van der Waals surface area contributed by atoms with E-state index in [1.54, 1.807) is 11.3 Å². The minimum absolute atomic E-state index is 0.329. The Hall–Kier alpha value is -1.69. The summed E-state index contributed by atoms with van der Waals surface area (Å²) in [6.45, 7) is 18.5. The van der Waals surface area contributed by atoms with Crippen molar-refractivity contribution in [2.75, 3.05) is 11.5 Å². The molecule has 2 rings (SSSR count). The second kappa shape index (κ2) is 9.21. The zero-order valence-electron chi connectivity index (χ0n) is 18.7. The zero-order valence-corrected chi connectivity index (χ0v) is 19.5. The number of hydrogen-bond acceptors (Lipinski definition) is 6. The molecule has 1 heterocycles. The number of nitrogens with one attached hydrogen (secondary N) is 1. The van der Waals surface area contributed by atoms with Gasteiger partial charge in [-0.05, 0) is 57.9 Å². The van der Waals surface area contributed by atoms with Crippen LogP contribution in [0.15, 0.2) is 17.2 Å². The first-order chi connectivity index (χ1) is 13.0. The van der Waals surface area contributed by atoms with Crippen LogP contribution >= 0.6 is 11.3 Å². The van der Waals surface area contributed by atoms with Gasteiger partial charge in [-0.15, -0.1) is 0 Å². The monoisotopic (exact) mass is 404 g/mol. The number of thiazole rings is 1. The number of benzene rings is 1. The molecule has 0 saturated carbocycles. The van der Waals surface area contributed by atoms with Crippen LogP contribution in [-0.2, 0) is 0 Å².